The van der Waals surface area contributed by atoms with E-state index in [0.717, 1.165) is 0 Å². The van der Waals surface area contributed by atoms with E-state index in [1.54, 1.807) is 36.5 Å². The molecule has 0 aliphatic carbocycles. The van der Waals surface area contributed by atoms with Crippen molar-refractivity contribution in [3.63, 3.8) is 0 Å². The van der Waals surface area contributed by atoms with E-state index in [4.69, 9.17) is 21.1 Å². The first kappa shape index (κ1) is 21.7. The largest absolute Gasteiger partial charge is 0.461 e. The molecule has 0 saturated carbocycles. The molecule has 3 aromatic heterocycles. The van der Waals surface area contributed by atoms with Crippen molar-refractivity contribution in [1.82, 2.24) is 25.1 Å². The van der Waals surface area contributed by atoms with Crippen LogP contribution in [0.4, 0.5) is 5.82 Å². The zero-order valence-corrected chi connectivity index (χ0v) is 18.2. The molecule has 0 saturated heterocycles. The van der Waals surface area contributed by atoms with Crippen molar-refractivity contribution < 1.29 is 14.3 Å². The lowest BCUT2D eigenvalue weighted by molar-refractivity contribution is -0.126. The molecule has 4 aromatic rings. The lowest BCUT2D eigenvalue weighted by atomic mass is 10.2. The Kier molecular flexibility index (Phi) is 6.58. The van der Waals surface area contributed by atoms with Crippen molar-refractivity contribution in [2.24, 2.45) is 0 Å². The SMILES string of the molecule is CC(C)OC[C@H](Oc1nc(-c2ccccc2Cl)nc2[nH]ncc12)C(=O)Nc1ccccn1. The zero-order valence-electron chi connectivity index (χ0n) is 17.4. The van der Waals surface area contributed by atoms with Crippen LogP contribution in [0.3, 0.4) is 0 Å². The number of hydrogen-bond acceptors (Lipinski definition) is 7. The molecule has 9 nitrogen and oxygen atoms in total. The van der Waals surface area contributed by atoms with Gasteiger partial charge in [-0.2, -0.15) is 10.1 Å². The molecule has 1 atom stereocenters. The Balaban J connectivity index is 1.67. The fourth-order valence-electron chi connectivity index (χ4n) is 2.88. The summed E-state index contributed by atoms with van der Waals surface area (Å²) in [6.45, 7) is 3.77. The molecule has 32 heavy (non-hydrogen) atoms. The van der Waals surface area contributed by atoms with Gasteiger partial charge in [-0.3, -0.25) is 9.89 Å². The van der Waals surface area contributed by atoms with Gasteiger partial charge in [0.1, 0.15) is 11.2 Å². The fraction of sp³-hybridized carbons (Fsp3) is 0.227. The van der Waals surface area contributed by atoms with E-state index in [1.165, 1.54) is 6.20 Å². The highest BCUT2D eigenvalue weighted by Gasteiger charge is 2.25. The number of nitrogens with one attached hydrogen (secondary N) is 2. The average molecular weight is 453 g/mol. The van der Waals surface area contributed by atoms with Gasteiger partial charge >= 0.3 is 0 Å². The summed E-state index contributed by atoms with van der Waals surface area (Å²) in [5.74, 6) is 0.519. The summed E-state index contributed by atoms with van der Waals surface area (Å²) < 4.78 is 11.7. The summed E-state index contributed by atoms with van der Waals surface area (Å²) in [5, 5.41) is 10.6. The van der Waals surface area contributed by atoms with E-state index in [0.29, 0.717) is 33.3 Å². The number of H-pyrrole nitrogens is 1. The molecule has 0 spiro atoms. The summed E-state index contributed by atoms with van der Waals surface area (Å²) in [7, 11) is 0. The van der Waals surface area contributed by atoms with Gasteiger partial charge < -0.3 is 14.8 Å². The third-order valence-corrected chi connectivity index (χ3v) is 4.76. The molecular weight excluding hydrogens is 432 g/mol. The molecule has 1 amide bonds. The van der Waals surface area contributed by atoms with Crippen molar-refractivity contribution in [2.45, 2.75) is 26.1 Å². The van der Waals surface area contributed by atoms with Crippen LogP contribution in [0, 0.1) is 0 Å². The molecule has 0 bridgehead atoms. The van der Waals surface area contributed by atoms with Gasteiger partial charge in [0.2, 0.25) is 12.0 Å². The van der Waals surface area contributed by atoms with Crippen molar-refractivity contribution in [1.29, 1.82) is 0 Å². The van der Waals surface area contributed by atoms with Crippen LogP contribution in [-0.4, -0.2) is 49.9 Å². The second kappa shape index (κ2) is 9.71. The number of halogens is 1. The summed E-state index contributed by atoms with van der Waals surface area (Å²) >= 11 is 6.33. The Bertz CT molecular complexity index is 1210. The first-order chi connectivity index (χ1) is 15.5. The molecule has 10 heteroatoms. The van der Waals surface area contributed by atoms with Crippen molar-refractivity contribution in [3.8, 4) is 17.3 Å². The summed E-state index contributed by atoms with van der Waals surface area (Å²) in [4.78, 5) is 26.1. The lowest BCUT2D eigenvalue weighted by Gasteiger charge is -2.20. The third kappa shape index (κ3) is 5.01. The number of carbonyl (C=O) groups is 1. The third-order valence-electron chi connectivity index (χ3n) is 4.43. The number of fused-ring (bicyclic) bond motifs is 1. The number of rotatable bonds is 8. The van der Waals surface area contributed by atoms with Crippen molar-refractivity contribution >= 4 is 34.4 Å². The fourth-order valence-corrected chi connectivity index (χ4v) is 3.10. The summed E-state index contributed by atoms with van der Waals surface area (Å²) in [5.41, 5.74) is 1.09. The number of aromatic amines is 1. The molecule has 1 aromatic carbocycles. The molecule has 0 aliphatic heterocycles. The Morgan fingerprint density at radius 2 is 1.97 bits per heavy atom. The van der Waals surface area contributed by atoms with Crippen LogP contribution in [0.15, 0.2) is 54.9 Å². The van der Waals surface area contributed by atoms with Gasteiger partial charge in [-0.05, 0) is 38.1 Å². The molecule has 3 heterocycles. The Morgan fingerprint density at radius 3 is 2.72 bits per heavy atom. The van der Waals surface area contributed by atoms with E-state index in [9.17, 15) is 4.79 Å². The van der Waals surface area contributed by atoms with Crippen LogP contribution in [0.2, 0.25) is 5.02 Å². The Labute approximate surface area is 189 Å². The van der Waals surface area contributed by atoms with Gasteiger partial charge in [0.15, 0.2) is 11.5 Å². The van der Waals surface area contributed by atoms with Gasteiger partial charge in [-0.1, -0.05) is 29.8 Å². The van der Waals surface area contributed by atoms with Crippen LogP contribution >= 0.6 is 11.6 Å². The number of nitrogens with zero attached hydrogens (tertiary/aromatic N) is 4. The maximum atomic E-state index is 13.0. The van der Waals surface area contributed by atoms with Gasteiger partial charge in [-0.25, -0.2) is 9.97 Å². The van der Waals surface area contributed by atoms with Gasteiger partial charge in [0.25, 0.3) is 5.91 Å². The van der Waals surface area contributed by atoms with E-state index >= 15 is 0 Å². The maximum absolute atomic E-state index is 13.0. The van der Waals surface area contributed by atoms with E-state index in [-0.39, 0.29) is 18.6 Å². The average Bonchev–Trinajstić information content (AvgIpc) is 3.26. The second-order valence-electron chi connectivity index (χ2n) is 7.16. The highest BCUT2D eigenvalue weighted by molar-refractivity contribution is 6.33. The lowest BCUT2D eigenvalue weighted by Crippen LogP contribution is -2.38. The number of ether oxygens (including phenoxy) is 2. The van der Waals surface area contributed by atoms with Gasteiger partial charge in [0.05, 0.1) is 23.9 Å². The highest BCUT2D eigenvalue weighted by atomic mass is 35.5. The van der Waals surface area contributed by atoms with Crippen LogP contribution in [0.25, 0.3) is 22.4 Å². The molecule has 2 N–H and O–H groups in total. The number of carbonyl (C=O) groups excluding carboxylic acids is 1. The summed E-state index contributed by atoms with van der Waals surface area (Å²) in [6.07, 6.45) is 2.04. The molecule has 0 unspecified atom stereocenters. The molecule has 0 aliphatic rings. The number of anilines is 1. The Morgan fingerprint density at radius 1 is 1.16 bits per heavy atom. The van der Waals surface area contributed by atoms with E-state index in [2.05, 4.69) is 30.5 Å². The first-order valence-corrected chi connectivity index (χ1v) is 10.3. The van der Waals surface area contributed by atoms with Crippen molar-refractivity contribution in [2.75, 3.05) is 11.9 Å². The van der Waals surface area contributed by atoms with Gasteiger partial charge in [-0.15, -0.1) is 0 Å². The standard InChI is InChI=1S/C22H21ClN6O3/c1-13(2)31-12-17(21(30)26-18-9-5-6-10-24-18)32-22-15-11-25-29-20(15)27-19(28-22)14-7-3-4-8-16(14)23/h3-11,13,17H,12H2,1-2H3,(H,24,26,30)(H,25,27,28,29)/t17-/m0/s1. The summed E-state index contributed by atoms with van der Waals surface area (Å²) in [6, 6.07) is 12.4. The topological polar surface area (TPSA) is 115 Å². The second-order valence-corrected chi connectivity index (χ2v) is 7.56. The molecule has 164 valence electrons. The molecule has 0 radical (unpaired) electrons. The predicted octanol–water partition coefficient (Wildman–Crippen LogP) is 3.88. The minimum atomic E-state index is -0.994. The van der Waals surface area contributed by atoms with Crippen LogP contribution < -0.4 is 10.1 Å². The van der Waals surface area contributed by atoms with E-state index < -0.39 is 12.0 Å². The number of benzene rings is 1. The first-order valence-electron chi connectivity index (χ1n) is 9.97. The quantitative estimate of drug-likeness (QED) is 0.416. The smallest absolute Gasteiger partial charge is 0.269 e. The number of aromatic nitrogens is 5. The van der Waals surface area contributed by atoms with Crippen molar-refractivity contribution in [3.05, 3.63) is 59.9 Å². The zero-order chi connectivity index (χ0) is 22.5. The predicted molar refractivity (Wildman–Crippen MR) is 121 cm³/mol. The van der Waals surface area contributed by atoms with Crippen LogP contribution in [0.1, 0.15) is 13.8 Å². The number of pyridine rings is 1. The highest BCUT2D eigenvalue weighted by Crippen LogP contribution is 2.30. The normalized spacial score (nSPS) is 12.1. The number of hydrogen-bond donors (Lipinski definition) is 2. The molecule has 4 rings (SSSR count). The monoisotopic (exact) mass is 452 g/mol. The maximum Gasteiger partial charge on any atom is 0.269 e. The minimum absolute atomic E-state index is 0.0150. The number of amides is 1. The van der Waals surface area contributed by atoms with E-state index in [1.807, 2.05) is 26.0 Å². The minimum Gasteiger partial charge on any atom is -0.461 e. The van der Waals surface area contributed by atoms with Crippen LogP contribution in [0.5, 0.6) is 5.88 Å². The van der Waals surface area contributed by atoms with Crippen LogP contribution in [-0.2, 0) is 9.53 Å². The van der Waals surface area contributed by atoms with Gasteiger partial charge in [0, 0.05) is 11.8 Å². The molecular formula is C22H21ClN6O3. The molecule has 0 fully saturated rings. The Hall–Kier alpha value is -3.56.